The number of aliphatic hydroxyl groups is 1. The van der Waals surface area contributed by atoms with Crippen LogP contribution in [0.25, 0.3) is 11.1 Å². The van der Waals surface area contributed by atoms with Crippen molar-refractivity contribution in [2.45, 2.75) is 50.4 Å². The van der Waals surface area contributed by atoms with Gasteiger partial charge in [-0.2, -0.15) is 0 Å². The molecule has 156 valence electrons. The highest BCUT2D eigenvalue weighted by Gasteiger charge is 2.41. The molecule has 2 aliphatic rings. The van der Waals surface area contributed by atoms with E-state index >= 15 is 0 Å². The van der Waals surface area contributed by atoms with Crippen molar-refractivity contribution in [3.8, 4) is 11.1 Å². The fourth-order valence-corrected chi connectivity index (χ4v) is 5.32. The molecule has 0 amide bonds. The molecule has 29 heavy (non-hydrogen) atoms. The molecule has 1 heterocycles. The van der Waals surface area contributed by atoms with Crippen molar-refractivity contribution in [2.75, 3.05) is 12.8 Å². The summed E-state index contributed by atoms with van der Waals surface area (Å²) in [5, 5.41) is 10.9. The van der Waals surface area contributed by atoms with E-state index in [4.69, 9.17) is 0 Å². The summed E-state index contributed by atoms with van der Waals surface area (Å²) >= 11 is 0. The Morgan fingerprint density at radius 3 is 2.48 bits per heavy atom. The van der Waals surface area contributed by atoms with Crippen LogP contribution in [-0.2, 0) is 16.4 Å². The molecule has 2 aromatic carbocycles. The van der Waals surface area contributed by atoms with E-state index in [0.717, 1.165) is 43.4 Å². The molecule has 0 bridgehead atoms. The van der Waals surface area contributed by atoms with Crippen LogP contribution in [0.4, 0.5) is 0 Å². The molecule has 0 spiro atoms. The lowest BCUT2D eigenvalue weighted by Crippen LogP contribution is -2.59. The van der Waals surface area contributed by atoms with Gasteiger partial charge in [0.05, 0.1) is 6.26 Å². The van der Waals surface area contributed by atoms with E-state index in [1.807, 2.05) is 18.2 Å². The van der Waals surface area contributed by atoms with E-state index in [1.165, 1.54) is 11.8 Å². The lowest BCUT2D eigenvalue weighted by molar-refractivity contribution is -0.0611. The fraction of sp³-hybridized carbons (Fsp3) is 0.478. The van der Waals surface area contributed by atoms with E-state index in [2.05, 4.69) is 46.0 Å². The molecule has 2 N–H and O–H groups in total. The van der Waals surface area contributed by atoms with Crippen LogP contribution in [0.5, 0.6) is 0 Å². The van der Waals surface area contributed by atoms with E-state index in [0.29, 0.717) is 12.3 Å². The molecule has 0 aromatic heterocycles. The van der Waals surface area contributed by atoms with Gasteiger partial charge in [-0.1, -0.05) is 54.6 Å². The van der Waals surface area contributed by atoms with Crippen LogP contribution in [0, 0.1) is 5.92 Å². The molecule has 0 radical (unpaired) electrons. The summed E-state index contributed by atoms with van der Waals surface area (Å²) in [5.41, 5.74) is 3.48. The highest BCUT2D eigenvalue weighted by atomic mass is 32.2. The first-order chi connectivity index (χ1) is 13.9. The second-order valence-corrected chi connectivity index (χ2v) is 10.2. The lowest BCUT2D eigenvalue weighted by atomic mass is 9.90. The summed E-state index contributed by atoms with van der Waals surface area (Å²) in [5.74, 6) is 0.324. The molecule has 1 aliphatic heterocycles. The Morgan fingerprint density at radius 1 is 1.07 bits per heavy atom. The Hall–Kier alpha value is -1.73. The number of sulfonamides is 1. The molecule has 3 unspecified atom stereocenters. The Balaban J connectivity index is 1.60. The predicted molar refractivity (Wildman–Crippen MR) is 116 cm³/mol. The summed E-state index contributed by atoms with van der Waals surface area (Å²) in [6.45, 7) is 0.808. The first kappa shape index (κ1) is 20.5. The van der Waals surface area contributed by atoms with Gasteiger partial charge in [-0.05, 0) is 54.7 Å². The largest absolute Gasteiger partial charge is 0.378 e. The van der Waals surface area contributed by atoms with Gasteiger partial charge in [0, 0.05) is 18.6 Å². The van der Waals surface area contributed by atoms with Crippen LogP contribution in [0.3, 0.4) is 0 Å². The van der Waals surface area contributed by atoms with Crippen LogP contribution in [0.15, 0.2) is 54.6 Å². The molecule has 4 rings (SSSR count). The third kappa shape index (κ3) is 5.25. The summed E-state index contributed by atoms with van der Waals surface area (Å²) in [7, 11) is -3.31. The molecule has 5 nitrogen and oxygen atoms in total. The van der Waals surface area contributed by atoms with Crippen molar-refractivity contribution in [3.05, 3.63) is 60.2 Å². The average molecular weight is 415 g/mol. The van der Waals surface area contributed by atoms with Gasteiger partial charge in [-0.15, -0.1) is 0 Å². The molecule has 6 heteroatoms. The lowest BCUT2D eigenvalue weighted by Gasteiger charge is -2.44. The molecule has 1 saturated carbocycles. The quantitative estimate of drug-likeness (QED) is 0.731. The number of benzene rings is 2. The van der Waals surface area contributed by atoms with Crippen molar-refractivity contribution in [2.24, 2.45) is 5.92 Å². The summed E-state index contributed by atoms with van der Waals surface area (Å²) in [6, 6.07) is 18.5. The number of hydrogen-bond acceptors (Lipinski definition) is 4. The molecule has 2 fully saturated rings. The van der Waals surface area contributed by atoms with Crippen molar-refractivity contribution in [1.82, 2.24) is 9.62 Å². The number of piperidine rings is 1. The normalized spacial score (nSPS) is 24.3. The van der Waals surface area contributed by atoms with Gasteiger partial charge in [-0.25, -0.2) is 13.1 Å². The number of nitrogens with one attached hydrogen (secondary N) is 1. The summed E-state index contributed by atoms with van der Waals surface area (Å²) in [6.07, 6.45) is 5.23. The maximum Gasteiger partial charge on any atom is 0.209 e. The van der Waals surface area contributed by atoms with Crippen LogP contribution < -0.4 is 4.72 Å². The van der Waals surface area contributed by atoms with Gasteiger partial charge < -0.3 is 5.11 Å². The van der Waals surface area contributed by atoms with Crippen LogP contribution in [-0.4, -0.2) is 49.5 Å². The number of nitrogens with zero attached hydrogens (tertiary/aromatic N) is 1. The van der Waals surface area contributed by atoms with Crippen molar-refractivity contribution in [3.63, 3.8) is 0 Å². The second kappa shape index (κ2) is 8.56. The molecule has 2 aromatic rings. The topological polar surface area (TPSA) is 69.6 Å². The number of rotatable bonds is 7. The highest BCUT2D eigenvalue weighted by molar-refractivity contribution is 7.88. The summed E-state index contributed by atoms with van der Waals surface area (Å²) in [4.78, 5) is 2.14. The molecule has 1 aliphatic carbocycles. The van der Waals surface area contributed by atoms with E-state index in [-0.39, 0.29) is 12.1 Å². The number of hydrogen-bond donors (Lipinski definition) is 2. The van der Waals surface area contributed by atoms with Gasteiger partial charge in [0.15, 0.2) is 0 Å². The van der Waals surface area contributed by atoms with Crippen molar-refractivity contribution >= 4 is 10.0 Å². The SMILES string of the molecule is CS(=O)(=O)NC1CCCN(C(O)C2CC2)C1Cc1cccc(-c2ccccc2)c1. The third-order valence-electron chi connectivity index (χ3n) is 6.05. The zero-order chi connectivity index (χ0) is 20.4. The smallest absolute Gasteiger partial charge is 0.209 e. The Bertz CT molecular complexity index is 928. The Morgan fingerprint density at radius 2 is 1.79 bits per heavy atom. The molecular weight excluding hydrogens is 384 g/mol. The van der Waals surface area contributed by atoms with Crippen LogP contribution >= 0.6 is 0 Å². The minimum absolute atomic E-state index is 0.0555. The van der Waals surface area contributed by atoms with E-state index in [9.17, 15) is 13.5 Å². The predicted octanol–water partition coefficient (Wildman–Crippen LogP) is 3.01. The van der Waals surface area contributed by atoms with Crippen LogP contribution in [0.1, 0.15) is 31.2 Å². The average Bonchev–Trinajstić information content (AvgIpc) is 3.54. The zero-order valence-electron chi connectivity index (χ0n) is 16.9. The van der Waals surface area contributed by atoms with E-state index in [1.54, 1.807) is 0 Å². The Kier molecular flexibility index (Phi) is 6.06. The minimum atomic E-state index is -3.31. The first-order valence-electron chi connectivity index (χ1n) is 10.5. The minimum Gasteiger partial charge on any atom is -0.378 e. The van der Waals surface area contributed by atoms with Crippen molar-refractivity contribution in [1.29, 1.82) is 0 Å². The fourth-order valence-electron chi connectivity index (χ4n) is 4.50. The number of aliphatic hydroxyl groups excluding tert-OH is 1. The zero-order valence-corrected chi connectivity index (χ0v) is 17.7. The Labute approximate surface area is 173 Å². The molecular formula is C23H30N2O3S. The second-order valence-electron chi connectivity index (χ2n) is 8.47. The van der Waals surface area contributed by atoms with Gasteiger partial charge in [0.2, 0.25) is 10.0 Å². The maximum atomic E-state index is 12.0. The van der Waals surface area contributed by atoms with Gasteiger partial charge >= 0.3 is 0 Å². The van der Waals surface area contributed by atoms with E-state index < -0.39 is 16.3 Å². The maximum absolute atomic E-state index is 12.0. The molecule has 1 saturated heterocycles. The van der Waals surface area contributed by atoms with Gasteiger partial charge in [-0.3, -0.25) is 4.90 Å². The highest BCUT2D eigenvalue weighted by Crippen LogP contribution is 2.37. The summed E-state index contributed by atoms with van der Waals surface area (Å²) < 4.78 is 26.8. The van der Waals surface area contributed by atoms with Gasteiger partial charge in [0.1, 0.15) is 6.23 Å². The van der Waals surface area contributed by atoms with Crippen LogP contribution in [0.2, 0.25) is 0 Å². The standard InChI is InChI=1S/C23H30N2O3S/c1-29(27,28)24-21-11-6-14-25(23(26)19-12-13-19)22(21)16-17-7-5-10-20(15-17)18-8-3-2-4-9-18/h2-5,7-10,15,19,21-24,26H,6,11-14,16H2,1H3. The monoisotopic (exact) mass is 414 g/mol. The number of likely N-dealkylation sites (tertiary alicyclic amines) is 1. The first-order valence-corrected chi connectivity index (χ1v) is 12.4. The third-order valence-corrected chi connectivity index (χ3v) is 6.78. The molecule has 3 atom stereocenters. The van der Waals surface area contributed by atoms with Gasteiger partial charge in [0.25, 0.3) is 0 Å². The van der Waals surface area contributed by atoms with Crippen molar-refractivity contribution < 1.29 is 13.5 Å².